The van der Waals surface area contributed by atoms with E-state index in [1.807, 2.05) is 6.08 Å². The van der Waals surface area contributed by atoms with Gasteiger partial charge in [0.05, 0.1) is 18.8 Å². The normalized spacial score (nSPS) is 14.0. The lowest BCUT2D eigenvalue weighted by Crippen LogP contribution is -2.45. The number of allylic oxidation sites excluding steroid dienone is 11. The number of rotatable bonds is 31. The van der Waals surface area contributed by atoms with E-state index < -0.39 is 12.1 Å². The number of amides is 1. The van der Waals surface area contributed by atoms with Gasteiger partial charge in [-0.15, -0.1) is 0 Å². The summed E-state index contributed by atoms with van der Waals surface area (Å²) in [6, 6.07) is -0.668. The minimum Gasteiger partial charge on any atom is -0.394 e. The van der Waals surface area contributed by atoms with Crippen molar-refractivity contribution >= 4 is 5.91 Å². The maximum absolute atomic E-state index is 12.3. The van der Waals surface area contributed by atoms with Crippen LogP contribution in [0.1, 0.15) is 155 Å². The third kappa shape index (κ3) is 31.3. The van der Waals surface area contributed by atoms with E-state index in [4.69, 9.17) is 0 Å². The summed E-state index contributed by atoms with van der Waals surface area (Å²) in [6.45, 7) is 4.22. The van der Waals surface area contributed by atoms with Crippen LogP contribution in [0.4, 0.5) is 0 Å². The largest absolute Gasteiger partial charge is 0.394 e. The van der Waals surface area contributed by atoms with Crippen LogP contribution in [0.2, 0.25) is 0 Å². The zero-order valence-electron chi connectivity index (χ0n) is 28.6. The van der Waals surface area contributed by atoms with Crippen LogP contribution in [0, 0.1) is 0 Å². The minimum absolute atomic E-state index is 0.133. The van der Waals surface area contributed by atoms with Gasteiger partial charge in [-0.2, -0.15) is 0 Å². The Kier molecular flexibility index (Phi) is 33.6. The molecule has 0 saturated carbocycles. The van der Waals surface area contributed by atoms with Gasteiger partial charge >= 0.3 is 0 Å². The standard InChI is InChI=1S/C40H69NO3/c1-3-5-7-9-11-13-15-16-17-18-19-20-21-22-23-24-26-28-30-32-34-36-40(44)41-38(37-42)39(43)35-33-31-29-27-25-14-12-10-8-6-4-2/h17-18,20-21,23-25,27-28,30,33,35,38-39,42-43H,3-16,19,22,26,29,31-32,34,36-37H2,1-2H3,(H,41,44)/b18-17+,21-20+,24-23+,27-25+,30-28+,35-33+/t38-,39+/m0/s1. The maximum atomic E-state index is 12.3. The molecule has 44 heavy (non-hydrogen) atoms. The zero-order chi connectivity index (χ0) is 32.2. The molecule has 0 aliphatic carbocycles. The van der Waals surface area contributed by atoms with E-state index in [1.165, 1.54) is 83.5 Å². The maximum Gasteiger partial charge on any atom is 0.220 e. The second kappa shape index (κ2) is 35.3. The van der Waals surface area contributed by atoms with Gasteiger partial charge < -0.3 is 15.5 Å². The fourth-order valence-corrected chi connectivity index (χ4v) is 4.83. The minimum atomic E-state index is -0.885. The van der Waals surface area contributed by atoms with Crippen molar-refractivity contribution < 1.29 is 15.0 Å². The fourth-order valence-electron chi connectivity index (χ4n) is 4.83. The topological polar surface area (TPSA) is 69.6 Å². The van der Waals surface area contributed by atoms with Crippen molar-refractivity contribution in [1.29, 1.82) is 0 Å². The third-order valence-electron chi connectivity index (χ3n) is 7.66. The van der Waals surface area contributed by atoms with Crippen molar-refractivity contribution in [1.82, 2.24) is 5.32 Å². The molecule has 0 rings (SSSR count). The van der Waals surface area contributed by atoms with Gasteiger partial charge in [-0.05, 0) is 70.6 Å². The lowest BCUT2D eigenvalue weighted by Gasteiger charge is -2.19. The van der Waals surface area contributed by atoms with Gasteiger partial charge in [-0.3, -0.25) is 4.79 Å². The Morgan fingerprint density at radius 2 is 0.955 bits per heavy atom. The molecule has 0 fully saturated rings. The van der Waals surface area contributed by atoms with Crippen molar-refractivity contribution in [2.45, 2.75) is 167 Å². The number of hydrogen-bond donors (Lipinski definition) is 3. The average molecular weight is 612 g/mol. The molecule has 2 atom stereocenters. The second-order valence-electron chi connectivity index (χ2n) is 11.9. The molecular weight excluding hydrogens is 542 g/mol. The first kappa shape index (κ1) is 41.8. The van der Waals surface area contributed by atoms with Gasteiger partial charge in [0.1, 0.15) is 0 Å². The molecule has 1 amide bonds. The first-order valence-corrected chi connectivity index (χ1v) is 18.2. The smallest absolute Gasteiger partial charge is 0.220 e. The number of aliphatic hydroxyl groups is 2. The first-order valence-electron chi connectivity index (χ1n) is 18.2. The summed E-state index contributed by atoms with van der Waals surface area (Å²) >= 11 is 0. The van der Waals surface area contributed by atoms with Crippen LogP contribution in [0.5, 0.6) is 0 Å². The molecule has 0 aliphatic rings. The first-order chi connectivity index (χ1) is 21.7. The van der Waals surface area contributed by atoms with E-state index >= 15 is 0 Å². The molecule has 0 unspecified atom stereocenters. The number of aliphatic hydroxyl groups excluding tert-OH is 2. The highest BCUT2D eigenvalue weighted by atomic mass is 16.3. The van der Waals surface area contributed by atoms with Crippen molar-refractivity contribution in [2.75, 3.05) is 6.61 Å². The molecular formula is C40H69NO3. The molecule has 0 radical (unpaired) electrons. The summed E-state index contributed by atoms with van der Waals surface area (Å²) in [4.78, 5) is 12.3. The Bertz CT molecular complexity index is 792. The summed E-state index contributed by atoms with van der Waals surface area (Å²) < 4.78 is 0. The molecule has 0 aromatic heterocycles. The monoisotopic (exact) mass is 612 g/mol. The molecule has 0 aliphatic heterocycles. The lowest BCUT2D eigenvalue weighted by molar-refractivity contribution is -0.122. The van der Waals surface area contributed by atoms with Crippen LogP contribution >= 0.6 is 0 Å². The Morgan fingerprint density at radius 1 is 0.545 bits per heavy atom. The van der Waals surface area contributed by atoms with E-state index in [0.717, 1.165) is 51.4 Å². The van der Waals surface area contributed by atoms with Gasteiger partial charge in [-0.25, -0.2) is 0 Å². The van der Waals surface area contributed by atoms with Crippen LogP contribution in [0.3, 0.4) is 0 Å². The molecule has 0 heterocycles. The number of carbonyl (C=O) groups is 1. The van der Waals surface area contributed by atoms with E-state index in [9.17, 15) is 15.0 Å². The molecule has 0 spiro atoms. The Morgan fingerprint density at radius 3 is 1.48 bits per heavy atom. The molecule has 0 bridgehead atoms. The van der Waals surface area contributed by atoms with Crippen LogP contribution in [-0.4, -0.2) is 34.9 Å². The van der Waals surface area contributed by atoms with Gasteiger partial charge in [-0.1, -0.05) is 151 Å². The average Bonchev–Trinajstić information content (AvgIpc) is 3.03. The quantitative estimate of drug-likeness (QED) is 0.0539. The number of carbonyl (C=O) groups excluding carboxylic acids is 1. The van der Waals surface area contributed by atoms with Crippen molar-refractivity contribution in [2.24, 2.45) is 0 Å². The van der Waals surface area contributed by atoms with E-state index in [-0.39, 0.29) is 12.5 Å². The van der Waals surface area contributed by atoms with Crippen molar-refractivity contribution in [3.63, 3.8) is 0 Å². The highest BCUT2D eigenvalue weighted by Gasteiger charge is 2.17. The van der Waals surface area contributed by atoms with Gasteiger partial charge in [0.15, 0.2) is 0 Å². The van der Waals surface area contributed by atoms with Crippen LogP contribution in [0.25, 0.3) is 0 Å². The predicted octanol–water partition coefficient (Wildman–Crippen LogP) is 10.8. The summed E-state index contributed by atoms with van der Waals surface area (Å²) in [6.07, 6.45) is 49.9. The highest BCUT2D eigenvalue weighted by Crippen LogP contribution is 2.09. The van der Waals surface area contributed by atoms with E-state index in [0.29, 0.717) is 6.42 Å². The number of hydrogen-bond acceptors (Lipinski definition) is 3. The van der Waals surface area contributed by atoms with Crippen molar-refractivity contribution in [3.8, 4) is 0 Å². The fraction of sp³-hybridized carbons (Fsp3) is 0.675. The summed E-state index contributed by atoms with van der Waals surface area (Å²) in [5.41, 5.74) is 0. The van der Waals surface area contributed by atoms with E-state index in [1.54, 1.807) is 6.08 Å². The zero-order valence-corrected chi connectivity index (χ0v) is 28.6. The van der Waals surface area contributed by atoms with Gasteiger partial charge in [0.2, 0.25) is 5.91 Å². The molecule has 4 nitrogen and oxygen atoms in total. The van der Waals surface area contributed by atoms with Crippen molar-refractivity contribution in [3.05, 3.63) is 72.9 Å². The van der Waals surface area contributed by atoms with Gasteiger partial charge in [0, 0.05) is 6.42 Å². The SMILES string of the molecule is CCCCCCC/C=C/CC/C=C/[C@@H](O)[C@H](CO)NC(=O)CCC/C=C/C/C=C/C/C=C/C/C=C/CCCCCCCCC. The highest BCUT2D eigenvalue weighted by molar-refractivity contribution is 5.76. The molecule has 252 valence electrons. The summed E-state index contributed by atoms with van der Waals surface area (Å²) in [5, 5.41) is 22.7. The Balaban J connectivity index is 3.81. The molecule has 0 aromatic rings. The predicted molar refractivity (Wildman–Crippen MR) is 193 cm³/mol. The lowest BCUT2D eigenvalue weighted by atomic mass is 10.1. The number of unbranched alkanes of at least 4 members (excludes halogenated alkanes) is 14. The number of nitrogens with one attached hydrogen (secondary N) is 1. The Labute approximate surface area is 272 Å². The molecule has 4 heteroatoms. The van der Waals surface area contributed by atoms with E-state index in [2.05, 4.69) is 79.9 Å². The molecule has 3 N–H and O–H groups in total. The molecule has 0 aromatic carbocycles. The van der Waals surface area contributed by atoms with Gasteiger partial charge in [0.25, 0.3) is 0 Å². The second-order valence-corrected chi connectivity index (χ2v) is 11.9. The van der Waals surface area contributed by atoms with Crippen LogP contribution < -0.4 is 5.32 Å². The summed E-state index contributed by atoms with van der Waals surface area (Å²) in [7, 11) is 0. The summed E-state index contributed by atoms with van der Waals surface area (Å²) in [5.74, 6) is -0.133. The van der Waals surface area contributed by atoms with Crippen LogP contribution in [0.15, 0.2) is 72.9 Å². The Hall–Kier alpha value is -2.17. The third-order valence-corrected chi connectivity index (χ3v) is 7.66. The van der Waals surface area contributed by atoms with Crippen LogP contribution in [-0.2, 0) is 4.79 Å². The molecule has 0 saturated heterocycles.